The molecule has 1 aromatic rings. The fourth-order valence-electron chi connectivity index (χ4n) is 3.13. The zero-order valence-electron chi connectivity index (χ0n) is 16.0. The van der Waals surface area contributed by atoms with Gasteiger partial charge in [-0.05, 0) is 18.6 Å². The Bertz CT molecular complexity index is 758. The van der Waals surface area contributed by atoms with Crippen molar-refractivity contribution in [2.24, 2.45) is 0 Å². The average molecular weight is 421 g/mol. The van der Waals surface area contributed by atoms with E-state index in [1.54, 1.807) is 0 Å². The number of aryl methyl sites for hydroxylation is 1. The summed E-state index contributed by atoms with van der Waals surface area (Å²) < 4.78 is 5.77. The molecular formula is C20H26N3O3S2+. The van der Waals surface area contributed by atoms with Gasteiger partial charge in [-0.15, -0.1) is 0 Å². The number of thiocarbonyl (C=S) groups is 1. The van der Waals surface area contributed by atoms with Crippen molar-refractivity contribution < 1.29 is 19.2 Å². The Balaban J connectivity index is 1.45. The predicted octanol–water partition coefficient (Wildman–Crippen LogP) is 0.618. The highest BCUT2D eigenvalue weighted by Gasteiger charge is 2.33. The van der Waals surface area contributed by atoms with Crippen molar-refractivity contribution in [3.8, 4) is 0 Å². The van der Waals surface area contributed by atoms with Gasteiger partial charge in [-0.1, -0.05) is 53.8 Å². The Labute approximate surface area is 175 Å². The Morgan fingerprint density at radius 3 is 2.75 bits per heavy atom. The quantitative estimate of drug-likeness (QED) is 0.385. The summed E-state index contributed by atoms with van der Waals surface area (Å²) in [4.78, 5) is 28.3. The lowest BCUT2D eigenvalue weighted by atomic mass is 10.1. The van der Waals surface area contributed by atoms with E-state index < -0.39 is 0 Å². The molecule has 0 radical (unpaired) electrons. The summed E-state index contributed by atoms with van der Waals surface area (Å²) in [6.07, 6.45) is 2.73. The van der Waals surface area contributed by atoms with Crippen LogP contribution in [0, 0.1) is 6.92 Å². The Morgan fingerprint density at radius 1 is 1.32 bits per heavy atom. The maximum absolute atomic E-state index is 12.6. The summed E-state index contributed by atoms with van der Waals surface area (Å²) >= 11 is 6.55. The first-order valence-electron chi connectivity index (χ1n) is 9.53. The normalized spacial score (nSPS) is 19.5. The van der Waals surface area contributed by atoms with E-state index in [1.165, 1.54) is 21.6 Å². The minimum atomic E-state index is -0.205. The predicted molar refractivity (Wildman–Crippen MR) is 115 cm³/mol. The topological polar surface area (TPSA) is 63.1 Å². The minimum Gasteiger partial charge on any atom is -0.370 e. The van der Waals surface area contributed by atoms with Crippen molar-refractivity contribution in [3.63, 3.8) is 0 Å². The molecule has 2 aliphatic heterocycles. The van der Waals surface area contributed by atoms with Gasteiger partial charge >= 0.3 is 0 Å². The lowest BCUT2D eigenvalue weighted by Crippen LogP contribution is -3.14. The standard InChI is InChI=1S/C20H25N3O3S2/c1-15-3-5-16(6-4-15)13-17-19(25)23(20(27)28-17)14-18(24)21-7-2-8-22-9-11-26-12-10-22/h3-6,13H,2,7-12,14H2,1H3,(H,21,24)/p+1. The molecule has 0 aromatic heterocycles. The van der Waals surface area contributed by atoms with Gasteiger partial charge in [0.15, 0.2) is 0 Å². The molecule has 0 unspecified atom stereocenters. The van der Waals surface area contributed by atoms with Crippen molar-refractivity contribution in [3.05, 3.63) is 40.3 Å². The molecule has 6 nitrogen and oxygen atoms in total. The van der Waals surface area contributed by atoms with Crippen molar-refractivity contribution >= 4 is 46.2 Å². The van der Waals surface area contributed by atoms with Gasteiger partial charge < -0.3 is 15.0 Å². The third-order valence-electron chi connectivity index (χ3n) is 4.78. The molecular weight excluding hydrogens is 394 g/mol. The van der Waals surface area contributed by atoms with Crippen LogP contribution in [0.1, 0.15) is 17.5 Å². The summed E-state index contributed by atoms with van der Waals surface area (Å²) in [6, 6.07) is 7.92. The average Bonchev–Trinajstić information content (AvgIpc) is 2.95. The van der Waals surface area contributed by atoms with Crippen LogP contribution in [-0.4, -0.2) is 67.0 Å². The number of rotatable bonds is 7. The number of amides is 2. The maximum Gasteiger partial charge on any atom is 0.266 e. The smallest absolute Gasteiger partial charge is 0.266 e. The first kappa shape index (κ1) is 21.0. The van der Waals surface area contributed by atoms with Crippen molar-refractivity contribution in [1.29, 1.82) is 0 Å². The molecule has 1 aromatic carbocycles. The number of benzene rings is 1. The Kier molecular flexibility index (Phi) is 7.61. The van der Waals surface area contributed by atoms with E-state index in [2.05, 4.69) is 5.32 Å². The number of hydrogen-bond donors (Lipinski definition) is 2. The van der Waals surface area contributed by atoms with Crippen LogP contribution in [0.25, 0.3) is 6.08 Å². The summed E-state index contributed by atoms with van der Waals surface area (Å²) in [7, 11) is 0. The monoisotopic (exact) mass is 420 g/mol. The van der Waals surface area contributed by atoms with Gasteiger partial charge in [0, 0.05) is 13.0 Å². The van der Waals surface area contributed by atoms with Gasteiger partial charge in [-0.3, -0.25) is 14.5 Å². The fraction of sp³-hybridized carbons (Fsp3) is 0.450. The molecule has 0 atom stereocenters. The molecule has 3 rings (SSSR count). The highest BCUT2D eigenvalue weighted by Crippen LogP contribution is 2.32. The molecule has 28 heavy (non-hydrogen) atoms. The van der Waals surface area contributed by atoms with E-state index in [-0.39, 0.29) is 18.4 Å². The van der Waals surface area contributed by atoms with Gasteiger partial charge in [0.25, 0.3) is 5.91 Å². The molecule has 150 valence electrons. The summed E-state index contributed by atoms with van der Waals surface area (Å²) in [6.45, 7) is 7.29. The summed E-state index contributed by atoms with van der Waals surface area (Å²) in [5, 5.41) is 2.90. The van der Waals surface area contributed by atoms with Crippen molar-refractivity contribution in [2.75, 3.05) is 45.9 Å². The molecule has 2 fully saturated rings. The van der Waals surface area contributed by atoms with E-state index in [0.29, 0.717) is 15.8 Å². The number of nitrogens with one attached hydrogen (secondary N) is 2. The number of quaternary nitrogens is 1. The second-order valence-corrected chi connectivity index (χ2v) is 8.67. The number of thioether (sulfide) groups is 1. The number of carbonyl (C=O) groups is 2. The number of morpholine rings is 1. The molecule has 8 heteroatoms. The van der Waals surface area contributed by atoms with Crippen LogP contribution in [0.3, 0.4) is 0 Å². The molecule has 2 saturated heterocycles. The first-order valence-corrected chi connectivity index (χ1v) is 10.8. The molecule has 2 N–H and O–H groups in total. The van der Waals surface area contributed by atoms with Gasteiger partial charge in [0.05, 0.1) is 24.7 Å². The molecule has 0 spiro atoms. The van der Waals surface area contributed by atoms with E-state index in [1.807, 2.05) is 37.3 Å². The number of carbonyl (C=O) groups excluding carboxylic acids is 2. The van der Waals surface area contributed by atoms with E-state index in [4.69, 9.17) is 17.0 Å². The van der Waals surface area contributed by atoms with Crippen LogP contribution in [0.4, 0.5) is 0 Å². The Hall–Kier alpha value is -1.74. The zero-order valence-corrected chi connectivity index (χ0v) is 17.7. The largest absolute Gasteiger partial charge is 0.370 e. The summed E-state index contributed by atoms with van der Waals surface area (Å²) in [5.41, 5.74) is 2.11. The first-order chi connectivity index (χ1) is 13.5. The zero-order chi connectivity index (χ0) is 19.9. The van der Waals surface area contributed by atoms with Gasteiger partial charge in [-0.25, -0.2) is 0 Å². The number of nitrogens with zero attached hydrogens (tertiary/aromatic N) is 1. The highest BCUT2D eigenvalue weighted by molar-refractivity contribution is 8.26. The fourth-order valence-corrected chi connectivity index (χ4v) is 4.38. The lowest BCUT2D eigenvalue weighted by Gasteiger charge is -2.23. The van der Waals surface area contributed by atoms with Crippen LogP contribution in [0.2, 0.25) is 0 Å². The van der Waals surface area contributed by atoms with Crippen molar-refractivity contribution in [1.82, 2.24) is 10.2 Å². The third kappa shape index (κ3) is 5.88. The third-order valence-corrected chi connectivity index (χ3v) is 6.16. The molecule has 2 aliphatic rings. The van der Waals surface area contributed by atoms with Gasteiger partial charge in [-0.2, -0.15) is 0 Å². The minimum absolute atomic E-state index is 0.0275. The van der Waals surface area contributed by atoms with Crippen LogP contribution < -0.4 is 10.2 Å². The lowest BCUT2D eigenvalue weighted by molar-refractivity contribution is -0.908. The second-order valence-electron chi connectivity index (χ2n) is 6.99. The maximum atomic E-state index is 12.6. The molecule has 0 bridgehead atoms. The van der Waals surface area contributed by atoms with Crippen LogP contribution in [0.15, 0.2) is 29.2 Å². The molecule has 0 saturated carbocycles. The van der Waals surface area contributed by atoms with Gasteiger partial charge in [0.1, 0.15) is 24.0 Å². The number of hydrogen-bond acceptors (Lipinski definition) is 5. The Morgan fingerprint density at radius 2 is 2.04 bits per heavy atom. The van der Waals surface area contributed by atoms with Crippen LogP contribution in [0.5, 0.6) is 0 Å². The van der Waals surface area contributed by atoms with Crippen LogP contribution in [-0.2, 0) is 14.3 Å². The molecule has 2 heterocycles. The highest BCUT2D eigenvalue weighted by atomic mass is 32.2. The van der Waals surface area contributed by atoms with E-state index in [0.717, 1.165) is 50.4 Å². The van der Waals surface area contributed by atoms with E-state index in [9.17, 15) is 9.59 Å². The van der Waals surface area contributed by atoms with E-state index >= 15 is 0 Å². The summed E-state index contributed by atoms with van der Waals surface area (Å²) in [5.74, 6) is -0.381. The van der Waals surface area contributed by atoms with Gasteiger partial charge in [0.2, 0.25) is 5.91 Å². The molecule has 0 aliphatic carbocycles. The molecule has 2 amide bonds. The van der Waals surface area contributed by atoms with Crippen LogP contribution >= 0.6 is 24.0 Å². The SMILES string of the molecule is Cc1ccc(C=C2SC(=S)N(CC(=O)NCCC[NH+]3CCOCC3)C2=O)cc1. The number of ether oxygens (including phenoxy) is 1. The van der Waals surface area contributed by atoms with Crippen molar-refractivity contribution in [2.45, 2.75) is 13.3 Å². The second kappa shape index (κ2) is 10.2.